The molecule has 50 heavy (non-hydrogen) atoms. The molecule has 3 aliphatic rings. The average molecular weight is 753 g/mol. The fraction of sp³-hybridized carbons (Fsp3) is 0.176. The molecule has 0 saturated carbocycles. The molecule has 0 bridgehead atoms. The Hall–Kier alpha value is -3.68. The molecule has 4 aromatic carbocycles. The second kappa shape index (κ2) is 12.5. The van der Waals surface area contributed by atoms with Crippen LogP contribution in [0.5, 0.6) is 0 Å². The van der Waals surface area contributed by atoms with Crippen molar-refractivity contribution in [3.63, 3.8) is 0 Å². The number of allylic oxidation sites excluding steroid dienone is 3. The van der Waals surface area contributed by atoms with E-state index in [0.29, 0.717) is 31.9 Å². The summed E-state index contributed by atoms with van der Waals surface area (Å²) in [6.07, 6.45) is 1.64. The minimum atomic E-state index is -4.76. The van der Waals surface area contributed by atoms with Crippen LogP contribution < -0.4 is 9.80 Å². The molecule has 6 N–H and O–H groups in total. The van der Waals surface area contributed by atoms with Gasteiger partial charge in [-0.2, -0.15) is 0 Å². The third-order valence-electron chi connectivity index (χ3n) is 8.81. The van der Waals surface area contributed by atoms with E-state index in [2.05, 4.69) is 0 Å². The van der Waals surface area contributed by atoms with Crippen LogP contribution in [0, 0.1) is 0 Å². The number of carbonyl (C=O) groups is 2. The molecular weight excluding hydrogens is 722 g/mol. The normalized spacial score (nSPS) is 21.7. The molecule has 0 aromatic heterocycles. The number of hydrogen-bond donors (Lipinski definition) is 6. The average Bonchev–Trinajstić information content (AvgIpc) is 3.63. The molecule has 2 heterocycles. The van der Waals surface area contributed by atoms with Gasteiger partial charge in [0, 0.05) is 27.1 Å². The van der Waals surface area contributed by atoms with E-state index in [4.69, 9.17) is 0 Å². The number of fused-ring (bicyclic) bond motifs is 6. The molecule has 1 aliphatic carbocycles. The number of aliphatic hydroxyl groups is 2. The molecule has 2 atom stereocenters. The maximum Gasteiger partial charge on any atom is 0.348 e. The Morgan fingerprint density at radius 3 is 2.04 bits per heavy atom. The number of ketones is 2. The second-order valence-corrected chi connectivity index (χ2v) is 17.8. The van der Waals surface area contributed by atoms with Gasteiger partial charge in [-0.1, -0.05) is 91.1 Å². The summed E-state index contributed by atoms with van der Waals surface area (Å²) in [4.78, 5) is 71.2. The van der Waals surface area contributed by atoms with Gasteiger partial charge >= 0.3 is 15.2 Å². The Balaban J connectivity index is 1.35. The molecule has 258 valence electrons. The Morgan fingerprint density at radius 2 is 1.44 bits per heavy atom. The summed E-state index contributed by atoms with van der Waals surface area (Å²) < 4.78 is 24.7. The first kappa shape index (κ1) is 34.8. The summed E-state index contributed by atoms with van der Waals surface area (Å²) >= 11 is 2.01. The van der Waals surface area contributed by atoms with Crippen LogP contribution in [0.2, 0.25) is 0 Å². The fourth-order valence-electron chi connectivity index (χ4n) is 6.57. The van der Waals surface area contributed by atoms with Gasteiger partial charge in [0.15, 0.2) is 0 Å². The number of aliphatic hydroxyl groups excluding tert-OH is 1. The van der Waals surface area contributed by atoms with Crippen LogP contribution in [0.25, 0.3) is 21.5 Å². The largest absolute Gasteiger partial charge is 0.506 e. The molecule has 0 amide bonds. The van der Waals surface area contributed by atoms with Crippen molar-refractivity contribution in [2.75, 3.05) is 22.5 Å². The molecule has 0 radical (unpaired) electrons. The molecule has 2 aliphatic heterocycles. The lowest BCUT2D eigenvalue weighted by Gasteiger charge is -2.33. The van der Waals surface area contributed by atoms with Crippen LogP contribution in [0.15, 0.2) is 117 Å². The summed E-state index contributed by atoms with van der Waals surface area (Å²) in [7, 11) is -9.31. The molecule has 0 saturated heterocycles. The second-order valence-electron chi connectivity index (χ2n) is 12.0. The van der Waals surface area contributed by atoms with E-state index in [0.717, 1.165) is 40.4 Å². The van der Waals surface area contributed by atoms with Crippen LogP contribution in [0.1, 0.15) is 13.3 Å². The predicted octanol–water partition coefficient (Wildman–Crippen LogP) is 5.99. The van der Waals surface area contributed by atoms with Gasteiger partial charge < -0.3 is 39.6 Å². The molecule has 7 rings (SSSR count). The molecular formula is C34H30N2O10P2S2. The number of rotatable bonds is 8. The highest BCUT2D eigenvalue weighted by Gasteiger charge is 2.47. The van der Waals surface area contributed by atoms with Gasteiger partial charge in [0.1, 0.15) is 11.5 Å². The van der Waals surface area contributed by atoms with Gasteiger partial charge in [0.2, 0.25) is 16.6 Å². The van der Waals surface area contributed by atoms with Crippen molar-refractivity contribution < 1.29 is 48.5 Å². The van der Waals surface area contributed by atoms with Crippen LogP contribution in [-0.2, 0) is 18.7 Å². The van der Waals surface area contributed by atoms with Crippen LogP contribution in [-0.4, -0.2) is 64.9 Å². The number of benzene rings is 4. The minimum absolute atomic E-state index is 0.0256. The summed E-state index contributed by atoms with van der Waals surface area (Å²) in [5.74, 6) is -4.30. The van der Waals surface area contributed by atoms with Crippen molar-refractivity contribution in [1.82, 2.24) is 0 Å². The standard InChI is InChI=1S/C34H30N2O10P2S2/c1-2-27(48(44,45)46)36-28(49-25-13-11-20-8-4-6-10-22(20)30(25)36)17-23-31(37)24(33(39)32(23)38)18-34(40)35(15-16-47(41,42)43)29-21-9-5-3-7-19(21)12-14-26(29)50-34/h3-14,17-18,27,37,40H,2,15-16H2,1H3,(H2,41,42,43)(H2,44,45,46)/b24-18-,28-17-. The minimum Gasteiger partial charge on any atom is -0.506 e. The van der Waals surface area contributed by atoms with Crippen molar-refractivity contribution >= 4 is 83.2 Å². The van der Waals surface area contributed by atoms with Crippen LogP contribution >= 0.6 is 38.7 Å². The summed E-state index contributed by atoms with van der Waals surface area (Å²) in [5.41, 5.74) is 0.0384. The molecule has 16 heteroatoms. The van der Waals surface area contributed by atoms with Crippen molar-refractivity contribution in [3.8, 4) is 0 Å². The van der Waals surface area contributed by atoms with E-state index in [1.54, 1.807) is 37.3 Å². The summed E-state index contributed by atoms with van der Waals surface area (Å²) in [6.45, 7) is 1.29. The SMILES string of the molecule is CCC(N1/C(=C/C2=C(O)C(=C/C3(O)Sc4ccc5ccccc5c4N3CCP(=O)(O)O)/C(=O)C2=O)Sc2ccc3ccccc3c21)P(=O)(O)O. The summed E-state index contributed by atoms with van der Waals surface area (Å²) in [6, 6.07) is 21.7. The first-order valence-electron chi connectivity index (χ1n) is 15.4. The van der Waals surface area contributed by atoms with E-state index < -0.39 is 60.7 Å². The number of anilines is 2. The van der Waals surface area contributed by atoms with Crippen LogP contribution in [0.4, 0.5) is 11.4 Å². The van der Waals surface area contributed by atoms with E-state index in [9.17, 15) is 48.5 Å². The lowest BCUT2D eigenvalue weighted by atomic mass is 10.1. The zero-order chi connectivity index (χ0) is 35.7. The number of hydrogen-bond acceptors (Lipinski definition) is 10. The number of carbonyl (C=O) groups excluding carboxylic acids is 2. The molecule has 0 spiro atoms. The van der Waals surface area contributed by atoms with Gasteiger partial charge in [0.25, 0.3) is 0 Å². The van der Waals surface area contributed by atoms with Gasteiger partial charge in [-0.15, -0.1) is 0 Å². The predicted molar refractivity (Wildman–Crippen MR) is 193 cm³/mol. The van der Waals surface area contributed by atoms with Crippen molar-refractivity contribution in [3.05, 3.63) is 107 Å². The van der Waals surface area contributed by atoms with Gasteiger partial charge in [-0.3, -0.25) is 18.7 Å². The van der Waals surface area contributed by atoms with E-state index >= 15 is 0 Å². The molecule has 0 fully saturated rings. The van der Waals surface area contributed by atoms with E-state index in [1.165, 1.54) is 15.9 Å². The first-order valence-corrected chi connectivity index (χ1v) is 20.5. The zero-order valence-electron chi connectivity index (χ0n) is 26.2. The van der Waals surface area contributed by atoms with Crippen molar-refractivity contribution in [1.29, 1.82) is 0 Å². The van der Waals surface area contributed by atoms with E-state index in [-0.39, 0.29) is 18.0 Å². The Labute approximate surface area is 294 Å². The lowest BCUT2D eigenvalue weighted by Crippen LogP contribution is -2.44. The fourth-order valence-corrected chi connectivity index (χ4v) is 10.5. The van der Waals surface area contributed by atoms with Crippen molar-refractivity contribution in [2.45, 2.75) is 34.0 Å². The maximum absolute atomic E-state index is 13.5. The molecule has 2 unspecified atom stereocenters. The van der Waals surface area contributed by atoms with Gasteiger partial charge in [-0.25, -0.2) is 0 Å². The zero-order valence-corrected chi connectivity index (χ0v) is 29.6. The first-order chi connectivity index (χ1) is 23.6. The monoisotopic (exact) mass is 752 g/mol. The van der Waals surface area contributed by atoms with Crippen molar-refractivity contribution in [2.24, 2.45) is 0 Å². The third kappa shape index (κ3) is 5.94. The van der Waals surface area contributed by atoms with E-state index in [1.807, 2.05) is 42.5 Å². The topological polar surface area (TPSA) is 196 Å². The maximum atomic E-state index is 13.5. The summed E-state index contributed by atoms with van der Waals surface area (Å²) in [5, 5.41) is 24.6. The van der Waals surface area contributed by atoms with Gasteiger partial charge in [-0.05, 0) is 41.5 Å². The highest BCUT2D eigenvalue weighted by molar-refractivity contribution is 8.03. The Kier molecular flexibility index (Phi) is 8.70. The quantitative estimate of drug-likeness (QED) is 0.0698. The third-order valence-corrected chi connectivity index (χ3v) is 13.2. The highest BCUT2D eigenvalue weighted by Crippen LogP contribution is 2.58. The number of thioether (sulfide) groups is 2. The smallest absolute Gasteiger partial charge is 0.348 e. The Bertz CT molecular complexity index is 2330. The Morgan fingerprint density at radius 1 is 0.840 bits per heavy atom. The lowest BCUT2D eigenvalue weighted by molar-refractivity contribution is -0.131. The highest BCUT2D eigenvalue weighted by atomic mass is 32.2. The van der Waals surface area contributed by atoms with Crippen LogP contribution in [0.3, 0.4) is 0 Å². The number of nitrogens with zero attached hydrogens (tertiary/aromatic N) is 2. The molecule has 4 aromatic rings. The van der Waals surface area contributed by atoms with Gasteiger partial charge in [0.05, 0.1) is 33.7 Å². The molecule has 12 nitrogen and oxygen atoms in total. The number of Topliss-reactive ketones (excluding diaryl/α,β-unsaturated/α-hetero) is 2.